The van der Waals surface area contributed by atoms with Gasteiger partial charge in [0.25, 0.3) is 0 Å². The lowest BCUT2D eigenvalue weighted by Crippen LogP contribution is -2.35. The molecule has 1 unspecified atom stereocenters. The van der Waals surface area contributed by atoms with Crippen molar-refractivity contribution in [3.8, 4) is 0 Å². The molecule has 0 saturated heterocycles. The van der Waals surface area contributed by atoms with Crippen LogP contribution >= 0.6 is 0 Å². The lowest BCUT2D eigenvalue weighted by atomic mass is 9.89. The average Bonchev–Trinajstić information content (AvgIpc) is 2.97. The first kappa shape index (κ1) is 15.6. The number of anilines is 1. The molecule has 1 aliphatic rings. The van der Waals surface area contributed by atoms with Crippen LogP contribution in [0.5, 0.6) is 0 Å². The number of nitrogens with two attached hydrogens (primary N) is 1. The highest BCUT2D eigenvalue weighted by Crippen LogP contribution is 2.35. The summed E-state index contributed by atoms with van der Waals surface area (Å²) in [5.41, 5.74) is 10.7. The fourth-order valence-electron chi connectivity index (χ4n) is 3.68. The summed E-state index contributed by atoms with van der Waals surface area (Å²) in [5, 5.41) is 0. The lowest BCUT2D eigenvalue weighted by Gasteiger charge is -2.34. The van der Waals surface area contributed by atoms with Crippen molar-refractivity contribution in [1.29, 1.82) is 0 Å². The third kappa shape index (κ3) is 2.73. The number of imidazole rings is 1. The molecule has 0 spiro atoms. The summed E-state index contributed by atoms with van der Waals surface area (Å²) in [4.78, 5) is 23.2. The SMILES string of the molecule is Cc1cc(C)n2cc(CN3CCC(C(N)=O)c4ccccc43)nc2n1. The smallest absolute Gasteiger partial charge is 0.234 e. The maximum Gasteiger partial charge on any atom is 0.234 e. The number of para-hydroxylation sites is 1. The van der Waals surface area contributed by atoms with Crippen LogP contribution in [0.4, 0.5) is 5.69 Å². The Morgan fingerprint density at radius 1 is 1.28 bits per heavy atom. The normalized spacial score (nSPS) is 16.9. The van der Waals surface area contributed by atoms with Gasteiger partial charge in [0.2, 0.25) is 11.7 Å². The Labute approximate surface area is 146 Å². The number of fused-ring (bicyclic) bond motifs is 2. The molecule has 1 aromatic carbocycles. The summed E-state index contributed by atoms with van der Waals surface area (Å²) < 4.78 is 2.02. The van der Waals surface area contributed by atoms with Gasteiger partial charge >= 0.3 is 0 Å². The molecule has 1 amide bonds. The molecule has 1 aliphatic heterocycles. The van der Waals surface area contributed by atoms with Gasteiger partial charge in [0.1, 0.15) is 0 Å². The maximum absolute atomic E-state index is 11.7. The van der Waals surface area contributed by atoms with Crippen molar-refractivity contribution in [2.24, 2.45) is 5.73 Å². The van der Waals surface area contributed by atoms with Crippen molar-refractivity contribution in [2.75, 3.05) is 11.4 Å². The fourth-order valence-corrected chi connectivity index (χ4v) is 3.68. The molecule has 0 radical (unpaired) electrons. The van der Waals surface area contributed by atoms with Gasteiger partial charge < -0.3 is 10.6 Å². The second-order valence-corrected chi connectivity index (χ2v) is 6.67. The van der Waals surface area contributed by atoms with Crippen LogP contribution in [0.25, 0.3) is 5.78 Å². The Morgan fingerprint density at radius 3 is 2.88 bits per heavy atom. The highest BCUT2D eigenvalue weighted by molar-refractivity contribution is 5.85. The zero-order valence-electron chi connectivity index (χ0n) is 14.4. The van der Waals surface area contributed by atoms with Crippen molar-refractivity contribution in [3.63, 3.8) is 0 Å². The minimum atomic E-state index is -0.255. The van der Waals surface area contributed by atoms with Gasteiger partial charge in [0.05, 0.1) is 18.2 Å². The summed E-state index contributed by atoms with van der Waals surface area (Å²) in [5.74, 6) is 0.267. The second kappa shape index (κ2) is 5.88. The van der Waals surface area contributed by atoms with E-state index in [0.717, 1.165) is 47.1 Å². The topological polar surface area (TPSA) is 76.5 Å². The Kier molecular flexibility index (Phi) is 3.67. The number of carbonyl (C=O) groups excluding carboxylic acids is 1. The summed E-state index contributed by atoms with van der Waals surface area (Å²) in [6.07, 6.45) is 2.77. The minimum absolute atomic E-state index is 0.208. The number of aromatic nitrogens is 3. The van der Waals surface area contributed by atoms with Gasteiger partial charge in [-0.2, -0.15) is 0 Å². The highest BCUT2D eigenvalue weighted by atomic mass is 16.1. The molecule has 6 heteroatoms. The van der Waals surface area contributed by atoms with Crippen molar-refractivity contribution >= 4 is 17.4 Å². The number of hydrogen-bond acceptors (Lipinski definition) is 4. The molecule has 2 N–H and O–H groups in total. The predicted octanol–water partition coefficient (Wildman–Crippen LogP) is 2.33. The van der Waals surface area contributed by atoms with Crippen LogP contribution in [0.15, 0.2) is 36.5 Å². The van der Waals surface area contributed by atoms with Crippen molar-refractivity contribution < 1.29 is 4.79 Å². The number of hydrogen-bond donors (Lipinski definition) is 1. The van der Waals surface area contributed by atoms with Crippen LogP contribution in [-0.4, -0.2) is 26.8 Å². The van der Waals surface area contributed by atoms with Crippen LogP contribution in [0.1, 0.15) is 35.0 Å². The van der Waals surface area contributed by atoms with Gasteiger partial charge in [-0.25, -0.2) is 9.97 Å². The number of benzene rings is 1. The zero-order chi connectivity index (χ0) is 17.6. The highest BCUT2D eigenvalue weighted by Gasteiger charge is 2.28. The molecular weight excluding hydrogens is 314 g/mol. The third-order valence-electron chi connectivity index (χ3n) is 4.85. The lowest BCUT2D eigenvalue weighted by molar-refractivity contribution is -0.119. The standard InChI is InChI=1S/C19H21N5O/c1-12-9-13(2)24-11-14(22-19(24)21-12)10-23-8-7-16(18(20)25)15-5-3-4-6-17(15)23/h3-6,9,11,16H,7-8,10H2,1-2H3,(H2,20,25). The molecular formula is C19H21N5O. The van der Waals surface area contributed by atoms with E-state index < -0.39 is 0 Å². The summed E-state index contributed by atoms with van der Waals surface area (Å²) in [6, 6.07) is 10.0. The first-order valence-electron chi connectivity index (χ1n) is 8.48. The number of aryl methyl sites for hydroxylation is 2. The number of nitrogens with zero attached hydrogens (tertiary/aromatic N) is 4. The van der Waals surface area contributed by atoms with E-state index in [1.807, 2.05) is 47.9 Å². The Bertz CT molecular complexity index is 962. The predicted molar refractivity (Wildman–Crippen MR) is 96.5 cm³/mol. The molecule has 3 aromatic rings. The summed E-state index contributed by atoms with van der Waals surface area (Å²) in [7, 11) is 0. The molecule has 128 valence electrons. The van der Waals surface area contributed by atoms with Crippen LogP contribution in [0.2, 0.25) is 0 Å². The first-order chi connectivity index (χ1) is 12.0. The van der Waals surface area contributed by atoms with Crippen molar-refractivity contribution in [1.82, 2.24) is 14.4 Å². The second-order valence-electron chi connectivity index (χ2n) is 6.67. The van der Waals surface area contributed by atoms with E-state index in [1.165, 1.54) is 0 Å². The molecule has 0 saturated carbocycles. The Morgan fingerprint density at radius 2 is 2.08 bits per heavy atom. The van der Waals surface area contributed by atoms with Gasteiger partial charge in [-0.1, -0.05) is 18.2 Å². The van der Waals surface area contributed by atoms with E-state index in [4.69, 9.17) is 5.73 Å². The van der Waals surface area contributed by atoms with Gasteiger partial charge in [-0.15, -0.1) is 0 Å². The number of amides is 1. The first-order valence-corrected chi connectivity index (χ1v) is 8.48. The van der Waals surface area contributed by atoms with E-state index >= 15 is 0 Å². The maximum atomic E-state index is 11.7. The average molecular weight is 335 g/mol. The fraction of sp³-hybridized carbons (Fsp3) is 0.316. The van der Waals surface area contributed by atoms with E-state index in [0.29, 0.717) is 6.54 Å². The molecule has 25 heavy (non-hydrogen) atoms. The van der Waals surface area contributed by atoms with E-state index in [2.05, 4.69) is 21.8 Å². The van der Waals surface area contributed by atoms with Crippen LogP contribution in [-0.2, 0) is 11.3 Å². The van der Waals surface area contributed by atoms with Gasteiger partial charge in [0, 0.05) is 29.8 Å². The number of rotatable bonds is 3. The summed E-state index contributed by atoms with van der Waals surface area (Å²) >= 11 is 0. The number of primary amides is 1. The van der Waals surface area contributed by atoms with Crippen LogP contribution in [0, 0.1) is 13.8 Å². The van der Waals surface area contributed by atoms with E-state index in [1.54, 1.807) is 0 Å². The largest absolute Gasteiger partial charge is 0.369 e. The zero-order valence-corrected chi connectivity index (χ0v) is 14.4. The van der Waals surface area contributed by atoms with Gasteiger partial charge in [0.15, 0.2) is 0 Å². The quantitative estimate of drug-likeness (QED) is 0.797. The monoisotopic (exact) mass is 335 g/mol. The summed E-state index contributed by atoms with van der Waals surface area (Å²) in [6.45, 7) is 5.50. The molecule has 0 bridgehead atoms. The third-order valence-corrected chi connectivity index (χ3v) is 4.85. The molecule has 0 aliphatic carbocycles. The van der Waals surface area contributed by atoms with Crippen LogP contribution in [0.3, 0.4) is 0 Å². The molecule has 3 heterocycles. The van der Waals surface area contributed by atoms with Crippen LogP contribution < -0.4 is 10.6 Å². The molecule has 0 fully saturated rings. The van der Waals surface area contributed by atoms with Crippen molar-refractivity contribution in [3.05, 3.63) is 59.2 Å². The molecule has 4 rings (SSSR count). The van der Waals surface area contributed by atoms with Gasteiger partial charge in [-0.3, -0.25) is 9.20 Å². The van der Waals surface area contributed by atoms with Crippen molar-refractivity contribution in [2.45, 2.75) is 32.7 Å². The Hall–Kier alpha value is -2.89. The van der Waals surface area contributed by atoms with E-state index in [9.17, 15) is 4.79 Å². The Balaban J connectivity index is 1.68. The van der Waals surface area contributed by atoms with E-state index in [-0.39, 0.29) is 11.8 Å². The minimum Gasteiger partial charge on any atom is -0.369 e. The van der Waals surface area contributed by atoms with Gasteiger partial charge in [-0.05, 0) is 38.0 Å². The molecule has 1 atom stereocenters. The molecule has 6 nitrogen and oxygen atoms in total. The number of carbonyl (C=O) groups is 1. The molecule has 2 aromatic heterocycles.